The lowest BCUT2D eigenvalue weighted by atomic mass is 9.97. The lowest BCUT2D eigenvalue weighted by Crippen LogP contribution is -2.39. The summed E-state index contributed by atoms with van der Waals surface area (Å²) in [7, 11) is 0. The van der Waals surface area contributed by atoms with Crippen LogP contribution in [0.4, 0.5) is 4.39 Å². The van der Waals surface area contributed by atoms with Crippen LogP contribution in [0.3, 0.4) is 0 Å². The van der Waals surface area contributed by atoms with Crippen LogP contribution in [-0.2, 0) is 0 Å². The summed E-state index contributed by atoms with van der Waals surface area (Å²) < 4.78 is 15.9. The molecule has 1 aliphatic heterocycles. The van der Waals surface area contributed by atoms with Crippen LogP contribution in [-0.4, -0.2) is 40.2 Å². The van der Waals surface area contributed by atoms with Crippen LogP contribution in [0.25, 0.3) is 5.69 Å². The molecule has 0 aliphatic carbocycles. The van der Waals surface area contributed by atoms with E-state index in [2.05, 4.69) is 0 Å². The third kappa shape index (κ3) is 2.90. The first kappa shape index (κ1) is 14.8. The zero-order chi connectivity index (χ0) is 15.5. The summed E-state index contributed by atoms with van der Waals surface area (Å²) in [5.74, 6) is -0.279. The molecular weight excluding hydrogens is 283 g/mol. The zero-order valence-corrected chi connectivity index (χ0v) is 12.3. The van der Waals surface area contributed by atoms with Crippen molar-refractivity contribution in [2.24, 2.45) is 5.92 Å². The number of amides is 1. The van der Waals surface area contributed by atoms with Crippen molar-refractivity contribution in [1.82, 2.24) is 9.47 Å². The third-order valence-corrected chi connectivity index (χ3v) is 4.24. The van der Waals surface area contributed by atoms with Crippen molar-refractivity contribution in [2.75, 3.05) is 19.7 Å². The maximum absolute atomic E-state index is 14.2. The summed E-state index contributed by atoms with van der Waals surface area (Å²) in [6.07, 6.45) is 5.12. The topological polar surface area (TPSA) is 45.5 Å². The van der Waals surface area contributed by atoms with E-state index in [0.29, 0.717) is 24.3 Å². The Hall–Kier alpha value is -2.14. The van der Waals surface area contributed by atoms with Gasteiger partial charge in [0.1, 0.15) is 5.82 Å². The summed E-state index contributed by atoms with van der Waals surface area (Å²) in [5, 5.41) is 9.13. The van der Waals surface area contributed by atoms with Gasteiger partial charge in [-0.1, -0.05) is 0 Å². The number of hydrogen-bond donors (Lipinski definition) is 1. The van der Waals surface area contributed by atoms with Crippen molar-refractivity contribution < 1.29 is 14.3 Å². The lowest BCUT2D eigenvalue weighted by molar-refractivity contribution is 0.0650. The highest BCUT2D eigenvalue weighted by Gasteiger charge is 2.23. The van der Waals surface area contributed by atoms with Gasteiger partial charge in [0, 0.05) is 37.7 Å². The van der Waals surface area contributed by atoms with Crippen LogP contribution >= 0.6 is 0 Å². The number of aliphatic hydroxyl groups is 1. The second-order valence-corrected chi connectivity index (χ2v) is 5.67. The molecule has 4 nitrogen and oxygen atoms in total. The minimum atomic E-state index is -0.410. The van der Waals surface area contributed by atoms with Gasteiger partial charge in [0.15, 0.2) is 0 Å². The number of nitrogens with zero attached hydrogens (tertiary/aromatic N) is 2. The lowest BCUT2D eigenvalue weighted by Gasteiger charge is -2.31. The first-order valence-corrected chi connectivity index (χ1v) is 7.52. The van der Waals surface area contributed by atoms with E-state index in [1.807, 2.05) is 12.1 Å². The standard InChI is InChI=1S/C17H19FN2O2/c18-15-11-14(3-4-16(15)19-7-1-2-8-19)17(22)20-9-5-13(12-21)6-10-20/h1-4,7-8,11,13,21H,5-6,9-10,12H2. The Labute approximate surface area is 128 Å². The molecule has 1 aliphatic rings. The zero-order valence-electron chi connectivity index (χ0n) is 12.3. The van der Waals surface area contributed by atoms with Crippen molar-refractivity contribution in [2.45, 2.75) is 12.8 Å². The highest BCUT2D eigenvalue weighted by molar-refractivity contribution is 5.94. The van der Waals surface area contributed by atoms with Gasteiger partial charge in [-0.05, 0) is 49.1 Å². The molecule has 0 radical (unpaired) electrons. The maximum Gasteiger partial charge on any atom is 0.253 e. The molecule has 1 saturated heterocycles. The van der Waals surface area contributed by atoms with Gasteiger partial charge in [-0.2, -0.15) is 0 Å². The summed E-state index contributed by atoms with van der Waals surface area (Å²) >= 11 is 0. The van der Waals surface area contributed by atoms with Crippen LogP contribution < -0.4 is 0 Å². The van der Waals surface area contributed by atoms with E-state index in [0.717, 1.165) is 12.8 Å². The first-order valence-electron chi connectivity index (χ1n) is 7.52. The molecule has 1 N–H and O–H groups in total. The van der Waals surface area contributed by atoms with E-state index in [9.17, 15) is 9.18 Å². The van der Waals surface area contributed by atoms with Crippen LogP contribution in [0, 0.1) is 11.7 Å². The molecule has 2 aromatic rings. The van der Waals surface area contributed by atoms with Gasteiger partial charge in [-0.3, -0.25) is 4.79 Å². The SMILES string of the molecule is O=C(c1ccc(-n2cccc2)c(F)c1)N1CCC(CO)CC1. The van der Waals surface area contributed by atoms with Crippen LogP contribution in [0.15, 0.2) is 42.7 Å². The quantitative estimate of drug-likeness (QED) is 0.946. The first-order chi connectivity index (χ1) is 10.7. The minimum Gasteiger partial charge on any atom is -0.396 e. The number of aliphatic hydroxyl groups excluding tert-OH is 1. The third-order valence-electron chi connectivity index (χ3n) is 4.24. The van der Waals surface area contributed by atoms with E-state index in [1.165, 1.54) is 6.07 Å². The fraction of sp³-hybridized carbons (Fsp3) is 0.353. The second kappa shape index (κ2) is 6.32. The molecule has 2 heterocycles. The molecule has 0 bridgehead atoms. The summed E-state index contributed by atoms with van der Waals surface area (Å²) in [6, 6.07) is 8.24. The van der Waals surface area contributed by atoms with E-state index in [4.69, 9.17) is 5.11 Å². The average Bonchev–Trinajstić information content (AvgIpc) is 3.08. The van der Waals surface area contributed by atoms with Crippen molar-refractivity contribution in [3.63, 3.8) is 0 Å². The molecule has 116 valence electrons. The Balaban J connectivity index is 1.75. The van der Waals surface area contributed by atoms with E-state index >= 15 is 0 Å². The van der Waals surface area contributed by atoms with Gasteiger partial charge < -0.3 is 14.6 Å². The molecule has 0 unspecified atom stereocenters. The van der Waals surface area contributed by atoms with Crippen LogP contribution in [0.1, 0.15) is 23.2 Å². The van der Waals surface area contributed by atoms with Gasteiger partial charge >= 0.3 is 0 Å². The van der Waals surface area contributed by atoms with Crippen molar-refractivity contribution in [1.29, 1.82) is 0 Å². The Morgan fingerprint density at radius 1 is 1.23 bits per heavy atom. The van der Waals surface area contributed by atoms with Gasteiger partial charge in [0.25, 0.3) is 5.91 Å². The van der Waals surface area contributed by atoms with Gasteiger partial charge in [-0.15, -0.1) is 0 Å². The summed E-state index contributed by atoms with van der Waals surface area (Å²) in [4.78, 5) is 14.2. The molecule has 22 heavy (non-hydrogen) atoms. The van der Waals surface area contributed by atoms with Crippen LogP contribution in [0.2, 0.25) is 0 Å². The number of piperidine rings is 1. The van der Waals surface area contributed by atoms with Crippen molar-refractivity contribution in [3.05, 3.63) is 54.1 Å². The summed E-state index contributed by atoms with van der Waals surface area (Å²) in [6.45, 7) is 1.40. The fourth-order valence-corrected chi connectivity index (χ4v) is 2.85. The second-order valence-electron chi connectivity index (χ2n) is 5.67. The highest BCUT2D eigenvalue weighted by atomic mass is 19.1. The number of carbonyl (C=O) groups excluding carboxylic acids is 1. The van der Waals surface area contributed by atoms with E-state index in [-0.39, 0.29) is 18.4 Å². The average molecular weight is 302 g/mol. The number of halogens is 1. The predicted octanol–water partition coefficient (Wildman–Crippen LogP) is 2.46. The van der Waals surface area contributed by atoms with Crippen molar-refractivity contribution >= 4 is 5.91 Å². The Bertz CT molecular complexity index is 647. The molecule has 5 heteroatoms. The fourth-order valence-electron chi connectivity index (χ4n) is 2.85. The molecule has 1 aromatic carbocycles. The van der Waals surface area contributed by atoms with Gasteiger partial charge in [0.2, 0.25) is 0 Å². The van der Waals surface area contributed by atoms with E-state index < -0.39 is 5.82 Å². The molecule has 0 atom stereocenters. The largest absolute Gasteiger partial charge is 0.396 e. The Kier molecular flexibility index (Phi) is 4.24. The normalized spacial score (nSPS) is 16.0. The number of aromatic nitrogens is 1. The summed E-state index contributed by atoms with van der Waals surface area (Å²) in [5.41, 5.74) is 0.802. The monoisotopic (exact) mass is 302 g/mol. The maximum atomic E-state index is 14.2. The number of rotatable bonds is 3. The minimum absolute atomic E-state index is 0.144. The number of likely N-dealkylation sites (tertiary alicyclic amines) is 1. The smallest absolute Gasteiger partial charge is 0.253 e. The predicted molar refractivity (Wildman–Crippen MR) is 81.4 cm³/mol. The highest BCUT2D eigenvalue weighted by Crippen LogP contribution is 2.20. The molecular formula is C17H19FN2O2. The van der Waals surface area contributed by atoms with Gasteiger partial charge in [0.05, 0.1) is 5.69 Å². The Morgan fingerprint density at radius 3 is 2.50 bits per heavy atom. The molecule has 0 spiro atoms. The number of carbonyl (C=O) groups is 1. The van der Waals surface area contributed by atoms with Crippen molar-refractivity contribution in [3.8, 4) is 5.69 Å². The number of benzene rings is 1. The molecule has 1 amide bonds. The van der Waals surface area contributed by atoms with Crippen LogP contribution in [0.5, 0.6) is 0 Å². The molecule has 1 aromatic heterocycles. The Morgan fingerprint density at radius 2 is 1.91 bits per heavy atom. The number of hydrogen-bond acceptors (Lipinski definition) is 2. The van der Waals surface area contributed by atoms with Gasteiger partial charge in [-0.25, -0.2) is 4.39 Å². The molecule has 1 fully saturated rings. The molecule has 3 rings (SSSR count). The van der Waals surface area contributed by atoms with E-state index in [1.54, 1.807) is 34.0 Å². The molecule has 0 saturated carbocycles.